The smallest absolute Gasteiger partial charge is 0.245 e. The van der Waals surface area contributed by atoms with Crippen LogP contribution in [0.15, 0.2) is 18.2 Å². The third kappa shape index (κ3) is 3.46. The lowest BCUT2D eigenvalue weighted by molar-refractivity contribution is -0.124. The molecule has 0 spiro atoms. The van der Waals surface area contributed by atoms with E-state index in [0.717, 1.165) is 11.3 Å². The summed E-state index contributed by atoms with van der Waals surface area (Å²) in [5.74, 6) is -0.273. The average molecular weight is 290 g/mol. The molecule has 2 rings (SSSR count). The standard InChI is InChI=1S/C15H18N2O4/c1-17-12-4-3-10(7-11(12)8-15(17)20)13(18)5-6-16-14(19)9-21-2/h3-4,7H,5-6,8-9H2,1-2H3,(H,16,19). The second-order valence-electron chi connectivity index (χ2n) is 4.93. The summed E-state index contributed by atoms with van der Waals surface area (Å²) in [6.07, 6.45) is 0.551. The van der Waals surface area contributed by atoms with Crippen LogP contribution in [0.5, 0.6) is 0 Å². The zero-order chi connectivity index (χ0) is 15.4. The molecule has 112 valence electrons. The summed E-state index contributed by atoms with van der Waals surface area (Å²) >= 11 is 0. The van der Waals surface area contributed by atoms with E-state index >= 15 is 0 Å². The minimum Gasteiger partial charge on any atom is -0.375 e. The van der Waals surface area contributed by atoms with Crippen LogP contribution in [0.25, 0.3) is 0 Å². The highest BCUT2D eigenvalue weighted by molar-refractivity contribution is 6.03. The van der Waals surface area contributed by atoms with E-state index in [0.29, 0.717) is 12.0 Å². The fraction of sp³-hybridized carbons (Fsp3) is 0.400. The molecule has 21 heavy (non-hydrogen) atoms. The maximum absolute atomic E-state index is 12.1. The van der Waals surface area contributed by atoms with Gasteiger partial charge < -0.3 is 15.0 Å². The lowest BCUT2D eigenvalue weighted by atomic mass is 10.0. The number of likely N-dealkylation sites (N-methyl/N-ethyl adjacent to an activating group) is 1. The molecular formula is C15H18N2O4. The first-order chi connectivity index (χ1) is 10.0. The zero-order valence-corrected chi connectivity index (χ0v) is 12.1. The molecule has 0 fully saturated rings. The maximum Gasteiger partial charge on any atom is 0.245 e. The van der Waals surface area contributed by atoms with Crippen LogP contribution in [0.4, 0.5) is 5.69 Å². The molecule has 0 aliphatic carbocycles. The Morgan fingerprint density at radius 1 is 1.38 bits per heavy atom. The van der Waals surface area contributed by atoms with E-state index in [1.165, 1.54) is 7.11 Å². The van der Waals surface area contributed by atoms with Gasteiger partial charge >= 0.3 is 0 Å². The third-order valence-electron chi connectivity index (χ3n) is 3.43. The number of amides is 2. The second-order valence-corrected chi connectivity index (χ2v) is 4.93. The normalized spacial score (nSPS) is 13.2. The van der Waals surface area contributed by atoms with Crippen molar-refractivity contribution in [3.63, 3.8) is 0 Å². The van der Waals surface area contributed by atoms with Gasteiger partial charge in [-0.2, -0.15) is 0 Å². The Morgan fingerprint density at radius 3 is 2.86 bits per heavy atom. The third-order valence-corrected chi connectivity index (χ3v) is 3.43. The van der Waals surface area contributed by atoms with Crippen molar-refractivity contribution >= 4 is 23.3 Å². The predicted molar refractivity (Wildman–Crippen MR) is 77.4 cm³/mol. The number of ether oxygens (including phenoxy) is 1. The van der Waals surface area contributed by atoms with Crippen molar-refractivity contribution in [2.45, 2.75) is 12.8 Å². The van der Waals surface area contributed by atoms with E-state index in [1.807, 2.05) is 0 Å². The molecule has 1 N–H and O–H groups in total. The van der Waals surface area contributed by atoms with E-state index in [-0.39, 0.29) is 37.2 Å². The van der Waals surface area contributed by atoms with E-state index in [2.05, 4.69) is 10.1 Å². The molecule has 0 saturated heterocycles. The largest absolute Gasteiger partial charge is 0.375 e. The average Bonchev–Trinajstić information content (AvgIpc) is 2.74. The Labute approximate surface area is 123 Å². The number of Topliss-reactive ketones (excluding diaryl/α,β-unsaturated/α-hetero) is 1. The van der Waals surface area contributed by atoms with Crippen LogP contribution in [0, 0.1) is 0 Å². The summed E-state index contributed by atoms with van der Waals surface area (Å²) in [6.45, 7) is 0.262. The van der Waals surface area contributed by atoms with Gasteiger partial charge in [0.2, 0.25) is 11.8 Å². The molecule has 6 heteroatoms. The molecule has 1 aromatic rings. The number of hydrogen-bond donors (Lipinski definition) is 1. The van der Waals surface area contributed by atoms with Crippen molar-refractivity contribution < 1.29 is 19.1 Å². The number of anilines is 1. The first-order valence-electron chi connectivity index (χ1n) is 6.71. The van der Waals surface area contributed by atoms with Gasteiger partial charge in [0, 0.05) is 38.4 Å². The van der Waals surface area contributed by atoms with Gasteiger partial charge in [0.25, 0.3) is 0 Å². The highest BCUT2D eigenvalue weighted by Gasteiger charge is 2.24. The molecule has 1 aromatic carbocycles. The summed E-state index contributed by atoms with van der Waals surface area (Å²) in [4.78, 5) is 36.5. The molecule has 0 radical (unpaired) electrons. The molecule has 2 amide bonds. The molecule has 0 aromatic heterocycles. The highest BCUT2D eigenvalue weighted by Crippen LogP contribution is 2.28. The summed E-state index contributed by atoms with van der Waals surface area (Å²) in [5, 5.41) is 2.60. The van der Waals surface area contributed by atoms with Crippen LogP contribution in [0.1, 0.15) is 22.3 Å². The van der Waals surface area contributed by atoms with Gasteiger partial charge in [-0.3, -0.25) is 14.4 Å². The number of carbonyl (C=O) groups is 3. The minimum absolute atomic E-state index is 0.0124. The molecule has 1 heterocycles. The van der Waals surface area contributed by atoms with E-state index in [1.54, 1.807) is 30.1 Å². The monoisotopic (exact) mass is 290 g/mol. The summed E-state index contributed by atoms with van der Waals surface area (Å²) in [6, 6.07) is 5.26. The van der Waals surface area contributed by atoms with Crippen molar-refractivity contribution in [3.05, 3.63) is 29.3 Å². The quantitative estimate of drug-likeness (QED) is 0.776. The number of benzene rings is 1. The number of fused-ring (bicyclic) bond motifs is 1. The highest BCUT2D eigenvalue weighted by atomic mass is 16.5. The Morgan fingerprint density at radius 2 is 2.14 bits per heavy atom. The maximum atomic E-state index is 12.1. The minimum atomic E-state index is -0.244. The van der Waals surface area contributed by atoms with Gasteiger partial charge in [0.05, 0.1) is 6.42 Å². The number of rotatable bonds is 6. The molecule has 1 aliphatic rings. The predicted octanol–water partition coefficient (Wildman–Crippen LogP) is 0.541. The number of nitrogens with one attached hydrogen (secondary N) is 1. The molecule has 6 nitrogen and oxygen atoms in total. The SMILES string of the molecule is COCC(=O)NCCC(=O)c1ccc2c(c1)CC(=O)N2C. The van der Waals surface area contributed by atoms with Crippen LogP contribution in [0.2, 0.25) is 0 Å². The van der Waals surface area contributed by atoms with Gasteiger partial charge in [-0.1, -0.05) is 0 Å². The molecule has 0 saturated carbocycles. The van der Waals surface area contributed by atoms with Crippen LogP contribution in [-0.2, 0) is 20.7 Å². The van der Waals surface area contributed by atoms with Crippen molar-refractivity contribution in [2.24, 2.45) is 0 Å². The zero-order valence-electron chi connectivity index (χ0n) is 12.1. The lowest BCUT2D eigenvalue weighted by Gasteiger charge is -2.10. The number of nitrogens with zero attached hydrogens (tertiary/aromatic N) is 1. The molecule has 0 bridgehead atoms. The van der Waals surface area contributed by atoms with Gasteiger partial charge in [-0.15, -0.1) is 0 Å². The van der Waals surface area contributed by atoms with Crippen LogP contribution < -0.4 is 10.2 Å². The van der Waals surface area contributed by atoms with E-state index in [9.17, 15) is 14.4 Å². The van der Waals surface area contributed by atoms with Gasteiger partial charge in [0.15, 0.2) is 5.78 Å². The molecule has 0 atom stereocenters. The fourth-order valence-electron chi connectivity index (χ4n) is 2.29. The summed E-state index contributed by atoms with van der Waals surface area (Å²) < 4.78 is 4.68. The van der Waals surface area contributed by atoms with Gasteiger partial charge in [-0.05, 0) is 23.8 Å². The van der Waals surface area contributed by atoms with Crippen molar-refractivity contribution in [3.8, 4) is 0 Å². The molecule has 0 unspecified atom stereocenters. The Hall–Kier alpha value is -2.21. The Balaban J connectivity index is 1.94. The second kappa shape index (κ2) is 6.49. The first kappa shape index (κ1) is 15.2. The Bertz CT molecular complexity index is 583. The van der Waals surface area contributed by atoms with Crippen LogP contribution >= 0.6 is 0 Å². The van der Waals surface area contributed by atoms with Gasteiger partial charge in [0.1, 0.15) is 6.61 Å². The van der Waals surface area contributed by atoms with Crippen molar-refractivity contribution in [2.75, 3.05) is 32.2 Å². The number of hydrogen-bond acceptors (Lipinski definition) is 4. The Kier molecular flexibility index (Phi) is 4.70. The molecule has 1 aliphatic heterocycles. The first-order valence-corrected chi connectivity index (χ1v) is 6.71. The van der Waals surface area contributed by atoms with E-state index < -0.39 is 0 Å². The topological polar surface area (TPSA) is 75.7 Å². The number of methoxy groups -OCH3 is 1. The van der Waals surface area contributed by atoms with Crippen molar-refractivity contribution in [1.29, 1.82) is 0 Å². The number of ketones is 1. The van der Waals surface area contributed by atoms with Crippen molar-refractivity contribution in [1.82, 2.24) is 5.32 Å². The van der Waals surface area contributed by atoms with Gasteiger partial charge in [-0.25, -0.2) is 0 Å². The van der Waals surface area contributed by atoms with Crippen LogP contribution in [-0.4, -0.2) is 44.9 Å². The fourth-order valence-corrected chi connectivity index (χ4v) is 2.29. The molecular weight excluding hydrogens is 272 g/mol. The summed E-state index contributed by atoms with van der Waals surface area (Å²) in [7, 11) is 3.16. The summed E-state index contributed by atoms with van der Waals surface area (Å²) in [5.41, 5.74) is 2.29. The van der Waals surface area contributed by atoms with Crippen LogP contribution in [0.3, 0.4) is 0 Å². The number of carbonyl (C=O) groups excluding carboxylic acids is 3. The van der Waals surface area contributed by atoms with E-state index in [4.69, 9.17) is 0 Å². The lowest BCUT2D eigenvalue weighted by Crippen LogP contribution is -2.29.